The normalized spacial score (nSPS) is 16.5. The quantitative estimate of drug-likeness (QED) is 0.633. The predicted molar refractivity (Wildman–Crippen MR) is 70.0 cm³/mol. The van der Waals surface area contributed by atoms with Crippen molar-refractivity contribution in [3.63, 3.8) is 0 Å². The lowest BCUT2D eigenvalue weighted by molar-refractivity contribution is 0.374. The smallest absolute Gasteiger partial charge is 0.129 e. The van der Waals surface area contributed by atoms with Gasteiger partial charge >= 0.3 is 0 Å². The molecule has 2 N–H and O–H groups in total. The first-order valence-corrected chi connectivity index (χ1v) is 5.93. The highest BCUT2D eigenvalue weighted by Gasteiger charge is 2.15. The van der Waals surface area contributed by atoms with Crippen molar-refractivity contribution in [2.75, 3.05) is 20.2 Å². The van der Waals surface area contributed by atoms with Gasteiger partial charge in [-0.05, 0) is 25.1 Å². The van der Waals surface area contributed by atoms with Crippen LogP contribution >= 0.6 is 11.6 Å². The first-order chi connectivity index (χ1) is 8.20. The van der Waals surface area contributed by atoms with E-state index in [0.717, 1.165) is 30.1 Å². The van der Waals surface area contributed by atoms with Crippen LogP contribution in [-0.4, -0.2) is 32.0 Å². The molecule has 4 nitrogen and oxygen atoms in total. The molecule has 2 rings (SSSR count). The van der Waals surface area contributed by atoms with E-state index < -0.39 is 0 Å². The Kier molecular flexibility index (Phi) is 3.86. The molecule has 0 aromatic heterocycles. The van der Waals surface area contributed by atoms with Crippen LogP contribution in [0.15, 0.2) is 23.3 Å². The van der Waals surface area contributed by atoms with Crippen molar-refractivity contribution in [1.82, 2.24) is 10.7 Å². The topological polar surface area (TPSA) is 45.6 Å². The van der Waals surface area contributed by atoms with Gasteiger partial charge in [-0.3, -0.25) is 0 Å². The Hall–Kier alpha value is -1.26. The molecule has 0 atom stereocenters. The Balaban J connectivity index is 2.13. The van der Waals surface area contributed by atoms with Crippen molar-refractivity contribution < 1.29 is 4.74 Å². The molecule has 1 saturated heterocycles. The predicted octanol–water partition coefficient (Wildman–Crippen LogP) is 1.63. The van der Waals surface area contributed by atoms with Crippen LogP contribution in [0.3, 0.4) is 0 Å². The Morgan fingerprint density at radius 2 is 2.29 bits per heavy atom. The second-order valence-corrected chi connectivity index (χ2v) is 4.46. The fraction of sp³-hybridized carbons (Fsp3) is 0.417. The van der Waals surface area contributed by atoms with E-state index in [0.29, 0.717) is 11.1 Å². The maximum atomic E-state index is 5.92. The monoisotopic (exact) mass is 253 g/mol. The minimum atomic E-state index is 0.434. The fourth-order valence-corrected chi connectivity index (χ4v) is 1.75. The van der Waals surface area contributed by atoms with E-state index >= 15 is 0 Å². The van der Waals surface area contributed by atoms with Crippen LogP contribution < -0.4 is 15.5 Å². The Bertz CT molecular complexity index is 430. The van der Waals surface area contributed by atoms with Crippen LogP contribution in [0.1, 0.15) is 12.5 Å². The number of halogens is 1. The minimum Gasteiger partial charge on any atom is -0.496 e. The van der Waals surface area contributed by atoms with Crippen molar-refractivity contribution >= 4 is 17.3 Å². The summed E-state index contributed by atoms with van der Waals surface area (Å²) < 4.78 is 5.29. The van der Waals surface area contributed by atoms with Crippen molar-refractivity contribution in [2.45, 2.75) is 13.0 Å². The molecule has 0 aliphatic carbocycles. The minimum absolute atomic E-state index is 0.434. The van der Waals surface area contributed by atoms with E-state index in [2.05, 4.69) is 15.8 Å². The van der Waals surface area contributed by atoms with Gasteiger partial charge in [-0.1, -0.05) is 11.6 Å². The van der Waals surface area contributed by atoms with Crippen LogP contribution in [0, 0.1) is 0 Å². The standard InChI is InChI=1S/C12H16ClN3O/c1-8(15-16-10-6-14-7-10)11-4-3-9(13)5-12(11)17-2/h3-5,10,14,16H,6-7H2,1-2H3/b15-8-. The SMILES string of the molecule is COc1cc(Cl)ccc1/C(C)=N\NC1CNC1. The molecular formula is C12H16ClN3O. The van der Waals surface area contributed by atoms with E-state index in [1.54, 1.807) is 13.2 Å². The van der Waals surface area contributed by atoms with Crippen LogP contribution in [-0.2, 0) is 0 Å². The highest BCUT2D eigenvalue weighted by atomic mass is 35.5. The summed E-state index contributed by atoms with van der Waals surface area (Å²) in [5.41, 5.74) is 4.97. The third-order valence-electron chi connectivity index (χ3n) is 2.75. The Labute approximate surface area is 106 Å². The molecule has 5 heteroatoms. The van der Waals surface area contributed by atoms with E-state index in [1.165, 1.54) is 0 Å². The summed E-state index contributed by atoms with van der Waals surface area (Å²) in [5, 5.41) is 8.20. The van der Waals surface area contributed by atoms with Crippen LogP contribution in [0.4, 0.5) is 0 Å². The summed E-state index contributed by atoms with van der Waals surface area (Å²) in [6.45, 7) is 3.88. The first-order valence-electron chi connectivity index (χ1n) is 5.55. The van der Waals surface area contributed by atoms with Crippen LogP contribution in [0.5, 0.6) is 5.75 Å². The summed E-state index contributed by atoms with van der Waals surface area (Å²) >= 11 is 5.92. The summed E-state index contributed by atoms with van der Waals surface area (Å²) in [6.07, 6.45) is 0. The summed E-state index contributed by atoms with van der Waals surface area (Å²) in [7, 11) is 1.63. The number of ether oxygens (including phenoxy) is 1. The molecule has 1 fully saturated rings. The lowest BCUT2D eigenvalue weighted by atomic mass is 10.1. The van der Waals surface area contributed by atoms with Gasteiger partial charge in [0.25, 0.3) is 0 Å². The maximum Gasteiger partial charge on any atom is 0.129 e. The number of nitrogens with one attached hydrogen (secondary N) is 2. The van der Waals surface area contributed by atoms with Crippen LogP contribution in [0.2, 0.25) is 5.02 Å². The van der Waals surface area contributed by atoms with Gasteiger partial charge in [-0.15, -0.1) is 0 Å². The van der Waals surface area contributed by atoms with Gasteiger partial charge in [0.15, 0.2) is 0 Å². The number of hydrogen-bond acceptors (Lipinski definition) is 4. The fourth-order valence-electron chi connectivity index (χ4n) is 1.59. The summed E-state index contributed by atoms with van der Waals surface area (Å²) in [5.74, 6) is 0.743. The zero-order valence-corrected chi connectivity index (χ0v) is 10.7. The van der Waals surface area contributed by atoms with E-state index in [4.69, 9.17) is 16.3 Å². The van der Waals surface area contributed by atoms with Gasteiger partial charge in [0.05, 0.1) is 18.9 Å². The molecule has 0 amide bonds. The number of rotatable bonds is 4. The van der Waals surface area contributed by atoms with Crippen LogP contribution in [0.25, 0.3) is 0 Å². The van der Waals surface area contributed by atoms with Gasteiger partial charge in [-0.25, -0.2) is 0 Å². The summed E-state index contributed by atoms with van der Waals surface area (Å²) in [4.78, 5) is 0. The number of nitrogens with zero attached hydrogens (tertiary/aromatic N) is 1. The van der Waals surface area contributed by atoms with E-state index in [1.807, 2.05) is 19.1 Å². The van der Waals surface area contributed by atoms with Gasteiger partial charge in [0.2, 0.25) is 0 Å². The molecule has 92 valence electrons. The van der Waals surface area contributed by atoms with Gasteiger partial charge < -0.3 is 15.5 Å². The second kappa shape index (κ2) is 5.38. The first kappa shape index (κ1) is 12.2. The number of benzene rings is 1. The molecule has 0 spiro atoms. The largest absolute Gasteiger partial charge is 0.496 e. The zero-order valence-electron chi connectivity index (χ0n) is 9.96. The third kappa shape index (κ3) is 2.90. The number of hydrazone groups is 1. The number of hydrogen-bond donors (Lipinski definition) is 2. The Morgan fingerprint density at radius 3 is 2.88 bits per heavy atom. The lowest BCUT2D eigenvalue weighted by Gasteiger charge is -2.26. The average molecular weight is 254 g/mol. The molecule has 0 saturated carbocycles. The second-order valence-electron chi connectivity index (χ2n) is 4.03. The molecule has 1 aliphatic heterocycles. The van der Waals surface area contributed by atoms with E-state index in [9.17, 15) is 0 Å². The lowest BCUT2D eigenvalue weighted by Crippen LogP contribution is -2.53. The summed E-state index contributed by atoms with van der Waals surface area (Å²) in [6, 6.07) is 5.98. The molecule has 1 aromatic carbocycles. The average Bonchev–Trinajstić information content (AvgIpc) is 2.26. The van der Waals surface area contributed by atoms with Gasteiger partial charge in [0.1, 0.15) is 5.75 Å². The zero-order chi connectivity index (χ0) is 12.3. The van der Waals surface area contributed by atoms with Gasteiger partial charge in [0, 0.05) is 23.7 Å². The molecule has 1 aliphatic rings. The molecule has 17 heavy (non-hydrogen) atoms. The maximum absolute atomic E-state index is 5.92. The third-order valence-corrected chi connectivity index (χ3v) is 2.98. The molecule has 0 unspecified atom stereocenters. The van der Waals surface area contributed by atoms with Crippen molar-refractivity contribution in [2.24, 2.45) is 5.10 Å². The highest BCUT2D eigenvalue weighted by molar-refractivity contribution is 6.30. The molecule has 1 aromatic rings. The van der Waals surface area contributed by atoms with Gasteiger partial charge in [-0.2, -0.15) is 5.10 Å². The van der Waals surface area contributed by atoms with E-state index in [-0.39, 0.29) is 0 Å². The Morgan fingerprint density at radius 1 is 1.53 bits per heavy atom. The molecule has 1 heterocycles. The van der Waals surface area contributed by atoms with Crippen molar-refractivity contribution in [3.05, 3.63) is 28.8 Å². The van der Waals surface area contributed by atoms with Crippen molar-refractivity contribution in [3.8, 4) is 5.75 Å². The number of methoxy groups -OCH3 is 1. The van der Waals surface area contributed by atoms with Crippen molar-refractivity contribution in [1.29, 1.82) is 0 Å². The molecule has 0 radical (unpaired) electrons. The molecular weight excluding hydrogens is 238 g/mol. The highest BCUT2D eigenvalue weighted by Crippen LogP contribution is 2.23. The molecule has 0 bridgehead atoms.